The van der Waals surface area contributed by atoms with Crippen molar-refractivity contribution in [3.8, 4) is 0 Å². The highest BCUT2D eigenvalue weighted by molar-refractivity contribution is 6.09. The van der Waals surface area contributed by atoms with Crippen LogP contribution < -0.4 is 10.6 Å². The molecule has 2 amide bonds. The largest absolute Gasteiger partial charge is 0.352 e. The average molecular weight is 394 g/mol. The molecule has 0 unspecified atom stereocenters. The second kappa shape index (κ2) is 10.2. The number of nitrogens with zero attached hydrogens (tertiary/aromatic N) is 1. The van der Waals surface area contributed by atoms with Gasteiger partial charge < -0.3 is 10.6 Å². The van der Waals surface area contributed by atoms with Crippen LogP contribution in [0.2, 0.25) is 0 Å². The molecule has 1 aliphatic rings. The molecular weight excluding hydrogens is 362 g/mol. The Morgan fingerprint density at radius 3 is 2.38 bits per heavy atom. The number of carbonyl (C=O) groups excluding carboxylic acids is 2. The van der Waals surface area contributed by atoms with Gasteiger partial charge in [0.1, 0.15) is 0 Å². The number of hydrogen-bond acceptors (Lipinski definition) is 3. The van der Waals surface area contributed by atoms with E-state index in [0.717, 1.165) is 32.0 Å². The zero-order valence-corrected chi connectivity index (χ0v) is 17.4. The van der Waals surface area contributed by atoms with Crippen LogP contribution in [0, 0.1) is 5.92 Å². The molecule has 2 N–H and O–H groups in total. The molecule has 2 aromatic carbocycles. The topological polar surface area (TPSA) is 61.4 Å². The lowest BCUT2D eigenvalue weighted by molar-refractivity contribution is 0.0954. The van der Waals surface area contributed by atoms with Crippen molar-refractivity contribution in [1.29, 1.82) is 0 Å². The lowest BCUT2D eigenvalue weighted by atomic mass is 9.99. The van der Waals surface area contributed by atoms with E-state index in [1.807, 2.05) is 37.3 Å². The fraction of sp³-hybridized carbons (Fsp3) is 0.417. The molecule has 0 bridgehead atoms. The molecule has 154 valence electrons. The van der Waals surface area contributed by atoms with Crippen LogP contribution in [-0.4, -0.2) is 36.3 Å². The van der Waals surface area contributed by atoms with Crippen molar-refractivity contribution in [1.82, 2.24) is 10.2 Å². The van der Waals surface area contributed by atoms with E-state index in [0.29, 0.717) is 23.4 Å². The number of anilines is 1. The molecule has 0 aromatic heterocycles. The normalized spacial score (nSPS) is 15.1. The van der Waals surface area contributed by atoms with Crippen LogP contribution in [0.4, 0.5) is 5.69 Å². The standard InChI is InChI=1S/C24H31N3O2/c1-3-14-25-24(29)21-6-4-5-7-22(21)26-23(28)20-10-8-19(9-11-20)17-27-15-12-18(2)13-16-27/h4-11,18H,3,12-17H2,1-2H3,(H,25,29)(H,26,28). The Bertz CT molecular complexity index is 824. The highest BCUT2D eigenvalue weighted by Gasteiger charge is 2.16. The Morgan fingerprint density at radius 1 is 1.00 bits per heavy atom. The van der Waals surface area contributed by atoms with Gasteiger partial charge in [-0.2, -0.15) is 0 Å². The van der Waals surface area contributed by atoms with Gasteiger partial charge in [0.2, 0.25) is 0 Å². The SMILES string of the molecule is CCCNC(=O)c1ccccc1NC(=O)c1ccc(CN2CCC(C)CC2)cc1. The fourth-order valence-corrected chi connectivity index (χ4v) is 3.56. The van der Waals surface area contributed by atoms with E-state index < -0.39 is 0 Å². The summed E-state index contributed by atoms with van der Waals surface area (Å²) in [5.74, 6) is 0.442. The van der Waals surface area contributed by atoms with Crippen LogP contribution in [0.3, 0.4) is 0 Å². The Morgan fingerprint density at radius 2 is 1.69 bits per heavy atom. The first kappa shape index (κ1) is 21.1. The number of para-hydroxylation sites is 1. The van der Waals surface area contributed by atoms with Crippen LogP contribution in [0.5, 0.6) is 0 Å². The van der Waals surface area contributed by atoms with E-state index in [4.69, 9.17) is 0 Å². The summed E-state index contributed by atoms with van der Waals surface area (Å²) in [6.07, 6.45) is 3.38. The maximum atomic E-state index is 12.7. The molecule has 5 nitrogen and oxygen atoms in total. The summed E-state index contributed by atoms with van der Waals surface area (Å²) in [5.41, 5.74) is 2.81. The van der Waals surface area contributed by atoms with Gasteiger partial charge in [0.05, 0.1) is 11.3 Å². The monoisotopic (exact) mass is 393 g/mol. The van der Waals surface area contributed by atoms with Gasteiger partial charge in [-0.15, -0.1) is 0 Å². The summed E-state index contributed by atoms with van der Waals surface area (Å²) >= 11 is 0. The second-order valence-corrected chi connectivity index (χ2v) is 7.91. The van der Waals surface area contributed by atoms with Gasteiger partial charge in [-0.1, -0.05) is 38.1 Å². The molecule has 3 rings (SSSR count). The van der Waals surface area contributed by atoms with Gasteiger partial charge in [-0.3, -0.25) is 14.5 Å². The summed E-state index contributed by atoms with van der Waals surface area (Å²) in [7, 11) is 0. The van der Waals surface area contributed by atoms with Crippen molar-refractivity contribution < 1.29 is 9.59 Å². The molecule has 0 radical (unpaired) electrons. The molecule has 1 saturated heterocycles. The second-order valence-electron chi connectivity index (χ2n) is 7.91. The molecule has 2 aromatic rings. The third-order valence-electron chi connectivity index (χ3n) is 5.45. The van der Waals surface area contributed by atoms with Crippen LogP contribution >= 0.6 is 0 Å². The zero-order chi connectivity index (χ0) is 20.6. The van der Waals surface area contributed by atoms with Crippen LogP contribution in [-0.2, 0) is 6.54 Å². The van der Waals surface area contributed by atoms with Gasteiger partial charge in [-0.25, -0.2) is 0 Å². The first-order valence-corrected chi connectivity index (χ1v) is 10.6. The third-order valence-corrected chi connectivity index (χ3v) is 5.45. The van der Waals surface area contributed by atoms with Crippen LogP contribution in [0.1, 0.15) is 59.4 Å². The molecule has 1 fully saturated rings. The average Bonchev–Trinajstić information content (AvgIpc) is 2.74. The first-order valence-electron chi connectivity index (χ1n) is 10.6. The van der Waals surface area contributed by atoms with E-state index in [1.54, 1.807) is 18.2 Å². The summed E-state index contributed by atoms with van der Waals surface area (Å²) in [5, 5.41) is 5.74. The van der Waals surface area contributed by atoms with Gasteiger partial charge in [0, 0.05) is 18.7 Å². The Labute approximate surface area is 173 Å². The summed E-state index contributed by atoms with van der Waals surface area (Å²) in [6.45, 7) is 8.13. The van der Waals surface area contributed by atoms with Gasteiger partial charge >= 0.3 is 0 Å². The summed E-state index contributed by atoms with van der Waals surface area (Å²) < 4.78 is 0. The number of hydrogen-bond donors (Lipinski definition) is 2. The van der Waals surface area contributed by atoms with E-state index in [1.165, 1.54) is 18.4 Å². The number of piperidine rings is 1. The Balaban J connectivity index is 1.62. The zero-order valence-electron chi connectivity index (χ0n) is 17.4. The van der Waals surface area contributed by atoms with E-state index in [-0.39, 0.29) is 11.8 Å². The maximum Gasteiger partial charge on any atom is 0.255 e. The highest BCUT2D eigenvalue weighted by Crippen LogP contribution is 2.19. The van der Waals surface area contributed by atoms with Crippen molar-refractivity contribution in [2.45, 2.75) is 39.7 Å². The number of benzene rings is 2. The minimum atomic E-state index is -0.209. The molecular formula is C24H31N3O2. The quantitative estimate of drug-likeness (QED) is 0.737. The van der Waals surface area contributed by atoms with Crippen molar-refractivity contribution >= 4 is 17.5 Å². The summed E-state index contributed by atoms with van der Waals surface area (Å²) in [4.78, 5) is 27.5. The molecule has 1 aliphatic heterocycles. The summed E-state index contributed by atoms with van der Waals surface area (Å²) in [6, 6.07) is 14.8. The molecule has 1 heterocycles. The van der Waals surface area contributed by atoms with Crippen molar-refractivity contribution in [2.24, 2.45) is 5.92 Å². The Hall–Kier alpha value is -2.66. The number of amides is 2. The molecule has 29 heavy (non-hydrogen) atoms. The minimum Gasteiger partial charge on any atom is -0.352 e. The van der Waals surface area contributed by atoms with Crippen molar-refractivity contribution in [2.75, 3.05) is 25.0 Å². The maximum absolute atomic E-state index is 12.7. The minimum absolute atomic E-state index is 0.172. The molecule has 0 saturated carbocycles. The fourth-order valence-electron chi connectivity index (χ4n) is 3.56. The van der Waals surface area contributed by atoms with Gasteiger partial charge in [0.25, 0.3) is 11.8 Å². The number of nitrogens with one attached hydrogen (secondary N) is 2. The first-order chi connectivity index (χ1) is 14.1. The van der Waals surface area contributed by atoms with Crippen LogP contribution in [0.15, 0.2) is 48.5 Å². The van der Waals surface area contributed by atoms with Crippen molar-refractivity contribution in [3.63, 3.8) is 0 Å². The number of rotatable bonds is 7. The third kappa shape index (κ3) is 5.91. The molecule has 5 heteroatoms. The van der Waals surface area contributed by atoms with Crippen LogP contribution in [0.25, 0.3) is 0 Å². The predicted octanol–water partition coefficient (Wildman–Crippen LogP) is 4.31. The lowest BCUT2D eigenvalue weighted by Crippen LogP contribution is -2.32. The van der Waals surface area contributed by atoms with Gasteiger partial charge in [0.15, 0.2) is 0 Å². The smallest absolute Gasteiger partial charge is 0.255 e. The molecule has 0 aliphatic carbocycles. The lowest BCUT2D eigenvalue weighted by Gasteiger charge is -2.30. The van der Waals surface area contributed by atoms with E-state index in [9.17, 15) is 9.59 Å². The predicted molar refractivity (Wildman–Crippen MR) is 117 cm³/mol. The van der Waals surface area contributed by atoms with Gasteiger partial charge in [-0.05, 0) is 68.1 Å². The van der Waals surface area contributed by atoms with E-state index >= 15 is 0 Å². The molecule has 0 atom stereocenters. The Kier molecular flexibility index (Phi) is 7.42. The van der Waals surface area contributed by atoms with Crippen molar-refractivity contribution in [3.05, 3.63) is 65.2 Å². The molecule has 0 spiro atoms. The van der Waals surface area contributed by atoms with E-state index in [2.05, 4.69) is 22.5 Å². The highest BCUT2D eigenvalue weighted by atomic mass is 16.2. The number of carbonyl (C=O) groups is 2. The number of likely N-dealkylation sites (tertiary alicyclic amines) is 1.